The average molecular weight is 251 g/mol. The molecule has 0 spiro atoms. The van der Waals surface area contributed by atoms with Crippen molar-refractivity contribution in [3.8, 4) is 6.01 Å². The van der Waals surface area contributed by atoms with Gasteiger partial charge in [-0.15, -0.1) is 0 Å². The van der Waals surface area contributed by atoms with Crippen LogP contribution in [0, 0.1) is 0 Å². The van der Waals surface area contributed by atoms with Crippen molar-refractivity contribution in [3.63, 3.8) is 0 Å². The zero-order chi connectivity index (χ0) is 12.8. The number of piperidine rings is 1. The maximum Gasteiger partial charge on any atom is 0.409 e. The summed E-state index contributed by atoms with van der Waals surface area (Å²) in [5.41, 5.74) is 0. The summed E-state index contributed by atoms with van der Waals surface area (Å²) in [5.74, 6) is 0. The molecule has 2 heterocycles. The summed E-state index contributed by atoms with van der Waals surface area (Å²) in [5, 5.41) is 0. The Balaban J connectivity index is 1.78. The number of aromatic nitrogens is 2. The van der Waals surface area contributed by atoms with Gasteiger partial charge in [-0.1, -0.05) is 0 Å². The van der Waals surface area contributed by atoms with Crippen LogP contribution in [0.2, 0.25) is 0 Å². The third kappa shape index (κ3) is 3.32. The molecule has 1 aliphatic heterocycles. The Hall–Kier alpha value is -1.85. The van der Waals surface area contributed by atoms with Gasteiger partial charge in [0.2, 0.25) is 0 Å². The minimum Gasteiger partial charge on any atom is -0.460 e. The van der Waals surface area contributed by atoms with E-state index in [9.17, 15) is 4.79 Å². The molecule has 18 heavy (non-hydrogen) atoms. The third-order valence-corrected chi connectivity index (χ3v) is 2.78. The predicted molar refractivity (Wildman–Crippen MR) is 64.3 cm³/mol. The van der Waals surface area contributed by atoms with E-state index in [0.29, 0.717) is 25.7 Å². The molecule has 6 heteroatoms. The molecule has 0 saturated carbocycles. The fourth-order valence-electron chi connectivity index (χ4n) is 1.87. The maximum absolute atomic E-state index is 11.5. The SMILES string of the molecule is CCOC(=O)N1CCC(Oc2ncccn2)CC1. The second kappa shape index (κ2) is 6.18. The van der Waals surface area contributed by atoms with Crippen LogP contribution >= 0.6 is 0 Å². The fraction of sp³-hybridized carbons (Fsp3) is 0.583. The molecule has 1 amide bonds. The van der Waals surface area contributed by atoms with Crippen LogP contribution in [-0.4, -0.2) is 46.8 Å². The lowest BCUT2D eigenvalue weighted by Crippen LogP contribution is -2.42. The van der Waals surface area contributed by atoms with Gasteiger partial charge >= 0.3 is 12.1 Å². The Morgan fingerprint density at radius 1 is 1.39 bits per heavy atom. The molecular weight excluding hydrogens is 234 g/mol. The largest absolute Gasteiger partial charge is 0.460 e. The van der Waals surface area contributed by atoms with Gasteiger partial charge in [-0.3, -0.25) is 0 Å². The van der Waals surface area contributed by atoms with Crippen LogP contribution in [0.25, 0.3) is 0 Å². The first kappa shape index (κ1) is 12.6. The van der Waals surface area contributed by atoms with Gasteiger partial charge in [0.15, 0.2) is 0 Å². The monoisotopic (exact) mass is 251 g/mol. The first-order chi connectivity index (χ1) is 8.79. The number of ether oxygens (including phenoxy) is 2. The molecule has 0 atom stereocenters. The number of carbonyl (C=O) groups excluding carboxylic acids is 1. The number of hydrogen-bond donors (Lipinski definition) is 0. The first-order valence-electron chi connectivity index (χ1n) is 6.15. The van der Waals surface area contributed by atoms with Gasteiger partial charge in [0.25, 0.3) is 0 Å². The van der Waals surface area contributed by atoms with Crippen molar-refractivity contribution in [2.45, 2.75) is 25.9 Å². The molecule has 1 saturated heterocycles. The molecule has 1 aliphatic rings. The number of carbonyl (C=O) groups is 1. The average Bonchev–Trinajstić information content (AvgIpc) is 2.41. The summed E-state index contributed by atoms with van der Waals surface area (Å²) in [6.45, 7) is 3.51. The summed E-state index contributed by atoms with van der Waals surface area (Å²) >= 11 is 0. The van der Waals surface area contributed by atoms with E-state index in [1.807, 2.05) is 0 Å². The third-order valence-electron chi connectivity index (χ3n) is 2.78. The van der Waals surface area contributed by atoms with Crippen LogP contribution < -0.4 is 4.74 Å². The molecule has 1 fully saturated rings. The number of likely N-dealkylation sites (tertiary alicyclic amines) is 1. The molecule has 6 nitrogen and oxygen atoms in total. The molecule has 2 rings (SSSR count). The summed E-state index contributed by atoms with van der Waals surface area (Å²) in [7, 11) is 0. The minimum atomic E-state index is -0.244. The van der Waals surface area contributed by atoms with Crippen LogP contribution in [0.15, 0.2) is 18.5 Å². The van der Waals surface area contributed by atoms with E-state index in [0.717, 1.165) is 12.8 Å². The Labute approximate surface area is 106 Å². The Morgan fingerprint density at radius 3 is 2.67 bits per heavy atom. The quantitative estimate of drug-likeness (QED) is 0.814. The van der Waals surface area contributed by atoms with E-state index < -0.39 is 0 Å². The molecule has 1 aromatic rings. The van der Waals surface area contributed by atoms with Crippen LogP contribution in [0.5, 0.6) is 6.01 Å². The highest BCUT2D eigenvalue weighted by atomic mass is 16.6. The van der Waals surface area contributed by atoms with E-state index in [1.54, 1.807) is 30.3 Å². The Bertz CT molecular complexity index is 377. The topological polar surface area (TPSA) is 64.5 Å². The van der Waals surface area contributed by atoms with Crippen molar-refractivity contribution in [2.75, 3.05) is 19.7 Å². The highest BCUT2D eigenvalue weighted by Crippen LogP contribution is 2.15. The smallest absolute Gasteiger partial charge is 0.409 e. The molecule has 1 aromatic heterocycles. The van der Waals surface area contributed by atoms with Gasteiger partial charge in [-0.25, -0.2) is 14.8 Å². The summed E-state index contributed by atoms with van der Waals surface area (Å²) in [6, 6.07) is 2.14. The lowest BCUT2D eigenvalue weighted by Gasteiger charge is -2.30. The molecule has 0 bridgehead atoms. The van der Waals surface area contributed by atoms with Crippen molar-refractivity contribution in [1.82, 2.24) is 14.9 Å². The second-order valence-electron chi connectivity index (χ2n) is 4.03. The van der Waals surface area contributed by atoms with Crippen molar-refractivity contribution in [2.24, 2.45) is 0 Å². The van der Waals surface area contributed by atoms with E-state index in [-0.39, 0.29) is 12.2 Å². The minimum absolute atomic E-state index is 0.0677. The van der Waals surface area contributed by atoms with Gasteiger partial charge in [0.05, 0.1) is 6.61 Å². The zero-order valence-electron chi connectivity index (χ0n) is 10.4. The van der Waals surface area contributed by atoms with Crippen molar-refractivity contribution >= 4 is 6.09 Å². The maximum atomic E-state index is 11.5. The van der Waals surface area contributed by atoms with Crippen molar-refractivity contribution in [3.05, 3.63) is 18.5 Å². The Kier molecular flexibility index (Phi) is 4.33. The molecule has 0 aromatic carbocycles. The molecule has 98 valence electrons. The van der Waals surface area contributed by atoms with Crippen LogP contribution in [-0.2, 0) is 4.74 Å². The normalized spacial score (nSPS) is 16.4. The van der Waals surface area contributed by atoms with Crippen LogP contribution in [0.4, 0.5) is 4.79 Å². The molecule has 0 radical (unpaired) electrons. The predicted octanol–water partition coefficient (Wildman–Crippen LogP) is 1.48. The van der Waals surface area contributed by atoms with E-state index in [2.05, 4.69) is 9.97 Å². The van der Waals surface area contributed by atoms with Crippen molar-refractivity contribution < 1.29 is 14.3 Å². The van der Waals surface area contributed by atoms with Crippen LogP contribution in [0.1, 0.15) is 19.8 Å². The first-order valence-corrected chi connectivity index (χ1v) is 6.15. The molecule has 0 aliphatic carbocycles. The van der Waals surface area contributed by atoms with Crippen molar-refractivity contribution in [1.29, 1.82) is 0 Å². The lowest BCUT2D eigenvalue weighted by molar-refractivity contribution is 0.0670. The highest BCUT2D eigenvalue weighted by molar-refractivity contribution is 5.67. The lowest BCUT2D eigenvalue weighted by atomic mass is 10.1. The van der Waals surface area contributed by atoms with Gasteiger partial charge in [-0.05, 0) is 13.0 Å². The standard InChI is InChI=1S/C12H17N3O3/c1-2-17-12(16)15-8-4-10(5-9-15)18-11-13-6-3-7-14-11/h3,6-7,10H,2,4-5,8-9H2,1H3. The van der Waals surface area contributed by atoms with E-state index in [1.165, 1.54) is 0 Å². The van der Waals surface area contributed by atoms with E-state index >= 15 is 0 Å². The van der Waals surface area contributed by atoms with Gasteiger partial charge in [-0.2, -0.15) is 0 Å². The number of hydrogen-bond acceptors (Lipinski definition) is 5. The number of amides is 1. The molecular formula is C12H17N3O3. The molecule has 0 N–H and O–H groups in total. The fourth-order valence-corrected chi connectivity index (χ4v) is 1.87. The van der Waals surface area contributed by atoms with Gasteiger partial charge in [0.1, 0.15) is 6.10 Å². The zero-order valence-corrected chi connectivity index (χ0v) is 10.4. The summed E-state index contributed by atoms with van der Waals surface area (Å²) in [6.07, 6.45) is 4.67. The summed E-state index contributed by atoms with van der Waals surface area (Å²) < 4.78 is 10.6. The second-order valence-corrected chi connectivity index (χ2v) is 4.03. The number of nitrogens with zero attached hydrogens (tertiary/aromatic N) is 3. The van der Waals surface area contributed by atoms with Crippen LogP contribution in [0.3, 0.4) is 0 Å². The summed E-state index contributed by atoms with van der Waals surface area (Å²) in [4.78, 5) is 21.2. The van der Waals surface area contributed by atoms with E-state index in [4.69, 9.17) is 9.47 Å². The highest BCUT2D eigenvalue weighted by Gasteiger charge is 2.24. The molecule has 0 unspecified atom stereocenters. The van der Waals surface area contributed by atoms with Gasteiger partial charge in [0, 0.05) is 38.3 Å². The van der Waals surface area contributed by atoms with Gasteiger partial charge < -0.3 is 14.4 Å². The number of rotatable bonds is 3. The Morgan fingerprint density at radius 2 is 2.06 bits per heavy atom.